The van der Waals surface area contributed by atoms with E-state index in [1.807, 2.05) is 24.3 Å². The molecule has 0 bridgehead atoms. The van der Waals surface area contributed by atoms with Gasteiger partial charge in [-0.3, -0.25) is 4.98 Å². The van der Waals surface area contributed by atoms with Crippen LogP contribution in [0.4, 0.5) is 4.39 Å². The van der Waals surface area contributed by atoms with Gasteiger partial charge in [-0.25, -0.2) is 4.39 Å². The van der Waals surface area contributed by atoms with Crippen molar-refractivity contribution in [3.63, 3.8) is 0 Å². The zero-order valence-electron chi connectivity index (χ0n) is 10.1. The minimum Gasteiger partial charge on any atom is -0.496 e. The number of hydrogen-bond donors (Lipinski definition) is 1. The van der Waals surface area contributed by atoms with Gasteiger partial charge in [0.05, 0.1) is 13.3 Å². The number of methoxy groups -OCH3 is 1. The highest BCUT2D eigenvalue weighted by atomic mass is 19.1. The molecule has 3 nitrogen and oxygen atoms in total. The molecule has 2 N–H and O–H groups in total. The van der Waals surface area contributed by atoms with Crippen LogP contribution in [-0.4, -0.2) is 12.1 Å². The Hall–Kier alpha value is -1.94. The average Bonchev–Trinajstić information content (AvgIpc) is 2.39. The Morgan fingerprint density at radius 1 is 1.33 bits per heavy atom. The molecule has 0 spiro atoms. The second kappa shape index (κ2) is 5.60. The van der Waals surface area contributed by atoms with E-state index in [2.05, 4.69) is 4.98 Å². The molecule has 1 heterocycles. The Balaban J connectivity index is 2.21. The summed E-state index contributed by atoms with van der Waals surface area (Å²) in [4.78, 5) is 3.71. The molecule has 0 aliphatic rings. The SMILES string of the molecule is COc1ccccc1CC(N)c1ccncc1F. The lowest BCUT2D eigenvalue weighted by Gasteiger charge is -2.14. The first-order valence-electron chi connectivity index (χ1n) is 5.69. The number of hydrogen-bond acceptors (Lipinski definition) is 3. The molecule has 2 aromatic rings. The number of ether oxygens (including phenoxy) is 1. The number of nitrogens with zero attached hydrogens (tertiary/aromatic N) is 1. The van der Waals surface area contributed by atoms with Crippen LogP contribution < -0.4 is 10.5 Å². The van der Waals surface area contributed by atoms with E-state index in [0.717, 1.165) is 11.3 Å². The predicted octanol–water partition coefficient (Wildman–Crippen LogP) is 2.47. The second-order valence-corrected chi connectivity index (χ2v) is 4.02. The summed E-state index contributed by atoms with van der Waals surface area (Å²) in [6.45, 7) is 0. The Labute approximate surface area is 105 Å². The summed E-state index contributed by atoms with van der Waals surface area (Å²) >= 11 is 0. The molecule has 0 aliphatic carbocycles. The Kier molecular flexibility index (Phi) is 3.89. The van der Waals surface area contributed by atoms with Crippen LogP contribution in [0.2, 0.25) is 0 Å². The van der Waals surface area contributed by atoms with Crippen LogP contribution in [0.25, 0.3) is 0 Å². The fraction of sp³-hybridized carbons (Fsp3) is 0.214. The molecule has 4 heteroatoms. The number of halogens is 1. The van der Waals surface area contributed by atoms with Crippen molar-refractivity contribution in [2.24, 2.45) is 5.73 Å². The van der Waals surface area contributed by atoms with Crippen molar-refractivity contribution in [1.82, 2.24) is 4.98 Å². The van der Waals surface area contributed by atoms with Gasteiger partial charge in [0.25, 0.3) is 0 Å². The van der Waals surface area contributed by atoms with Crippen LogP contribution in [0.3, 0.4) is 0 Å². The molecule has 1 atom stereocenters. The van der Waals surface area contributed by atoms with Gasteiger partial charge in [-0.2, -0.15) is 0 Å². The molecule has 0 amide bonds. The molecule has 0 aliphatic heterocycles. The number of nitrogens with two attached hydrogens (primary N) is 1. The number of para-hydroxylation sites is 1. The van der Waals surface area contributed by atoms with Gasteiger partial charge in [0.15, 0.2) is 0 Å². The maximum atomic E-state index is 13.6. The fourth-order valence-corrected chi connectivity index (χ4v) is 1.91. The van der Waals surface area contributed by atoms with Crippen molar-refractivity contribution in [2.75, 3.05) is 7.11 Å². The van der Waals surface area contributed by atoms with Gasteiger partial charge in [-0.1, -0.05) is 18.2 Å². The number of aromatic nitrogens is 1. The summed E-state index contributed by atoms with van der Waals surface area (Å²) in [6.07, 6.45) is 3.24. The molecule has 0 saturated carbocycles. The molecular weight excluding hydrogens is 231 g/mol. The lowest BCUT2D eigenvalue weighted by molar-refractivity contribution is 0.407. The highest BCUT2D eigenvalue weighted by Gasteiger charge is 2.13. The topological polar surface area (TPSA) is 48.1 Å². The molecule has 0 saturated heterocycles. The average molecular weight is 246 g/mol. The van der Waals surface area contributed by atoms with Crippen LogP contribution >= 0.6 is 0 Å². The minimum atomic E-state index is -0.413. The summed E-state index contributed by atoms with van der Waals surface area (Å²) in [7, 11) is 1.61. The van der Waals surface area contributed by atoms with Crippen LogP contribution in [0.15, 0.2) is 42.7 Å². The fourth-order valence-electron chi connectivity index (χ4n) is 1.91. The molecule has 1 aromatic carbocycles. The standard InChI is InChI=1S/C14H15FN2O/c1-18-14-5-3-2-4-10(14)8-13(16)11-6-7-17-9-12(11)15/h2-7,9,13H,8,16H2,1H3. The lowest BCUT2D eigenvalue weighted by Crippen LogP contribution is -2.15. The maximum absolute atomic E-state index is 13.6. The Bertz CT molecular complexity index is 531. The van der Waals surface area contributed by atoms with Gasteiger partial charge in [0, 0.05) is 17.8 Å². The highest BCUT2D eigenvalue weighted by molar-refractivity contribution is 5.35. The summed E-state index contributed by atoms with van der Waals surface area (Å²) in [5, 5.41) is 0. The van der Waals surface area contributed by atoms with Gasteiger partial charge in [0.1, 0.15) is 11.6 Å². The van der Waals surface area contributed by atoms with Crippen molar-refractivity contribution >= 4 is 0 Å². The first-order valence-corrected chi connectivity index (χ1v) is 5.69. The van der Waals surface area contributed by atoms with E-state index in [1.54, 1.807) is 19.4 Å². The molecule has 0 fully saturated rings. The highest BCUT2D eigenvalue weighted by Crippen LogP contribution is 2.24. The molecule has 1 unspecified atom stereocenters. The quantitative estimate of drug-likeness (QED) is 0.901. The zero-order valence-corrected chi connectivity index (χ0v) is 10.1. The van der Waals surface area contributed by atoms with Crippen LogP contribution in [0, 0.1) is 5.82 Å². The third-order valence-electron chi connectivity index (χ3n) is 2.84. The summed E-state index contributed by atoms with van der Waals surface area (Å²) in [5.41, 5.74) is 7.46. The number of rotatable bonds is 4. The summed E-state index contributed by atoms with van der Waals surface area (Å²) in [6, 6.07) is 8.79. The number of benzene rings is 1. The zero-order chi connectivity index (χ0) is 13.0. The van der Waals surface area contributed by atoms with E-state index in [4.69, 9.17) is 10.5 Å². The normalized spacial score (nSPS) is 12.2. The molecule has 94 valence electrons. The number of pyridine rings is 1. The lowest BCUT2D eigenvalue weighted by atomic mass is 9.99. The molecular formula is C14H15FN2O. The van der Waals surface area contributed by atoms with E-state index < -0.39 is 6.04 Å². The maximum Gasteiger partial charge on any atom is 0.146 e. The van der Waals surface area contributed by atoms with Crippen molar-refractivity contribution in [1.29, 1.82) is 0 Å². The summed E-state index contributed by atoms with van der Waals surface area (Å²) in [5.74, 6) is 0.391. The van der Waals surface area contributed by atoms with E-state index in [-0.39, 0.29) is 5.82 Å². The predicted molar refractivity (Wildman–Crippen MR) is 67.8 cm³/mol. The van der Waals surface area contributed by atoms with Crippen molar-refractivity contribution < 1.29 is 9.13 Å². The van der Waals surface area contributed by atoms with Crippen LogP contribution in [0.1, 0.15) is 17.2 Å². The summed E-state index contributed by atoms with van der Waals surface area (Å²) < 4.78 is 18.8. The smallest absolute Gasteiger partial charge is 0.146 e. The molecule has 18 heavy (non-hydrogen) atoms. The molecule has 1 aromatic heterocycles. The van der Waals surface area contributed by atoms with Crippen LogP contribution in [0.5, 0.6) is 5.75 Å². The van der Waals surface area contributed by atoms with E-state index in [0.29, 0.717) is 12.0 Å². The largest absolute Gasteiger partial charge is 0.496 e. The first kappa shape index (κ1) is 12.5. The van der Waals surface area contributed by atoms with Crippen molar-refractivity contribution in [2.45, 2.75) is 12.5 Å². The minimum absolute atomic E-state index is 0.375. The third kappa shape index (κ3) is 2.65. The van der Waals surface area contributed by atoms with E-state index in [9.17, 15) is 4.39 Å². The monoisotopic (exact) mass is 246 g/mol. The molecule has 0 radical (unpaired) electrons. The van der Waals surface area contributed by atoms with E-state index in [1.165, 1.54) is 6.20 Å². The Morgan fingerprint density at radius 2 is 2.11 bits per heavy atom. The Morgan fingerprint density at radius 3 is 2.83 bits per heavy atom. The van der Waals surface area contributed by atoms with Crippen LogP contribution in [-0.2, 0) is 6.42 Å². The first-order chi connectivity index (χ1) is 8.72. The van der Waals surface area contributed by atoms with Gasteiger partial charge >= 0.3 is 0 Å². The van der Waals surface area contributed by atoms with Gasteiger partial charge < -0.3 is 10.5 Å². The third-order valence-corrected chi connectivity index (χ3v) is 2.84. The van der Waals surface area contributed by atoms with Gasteiger partial charge in [-0.15, -0.1) is 0 Å². The van der Waals surface area contributed by atoms with Gasteiger partial charge in [-0.05, 0) is 24.1 Å². The molecule has 2 rings (SSSR count). The van der Waals surface area contributed by atoms with Gasteiger partial charge in [0.2, 0.25) is 0 Å². The van der Waals surface area contributed by atoms with Crippen molar-refractivity contribution in [3.8, 4) is 5.75 Å². The van der Waals surface area contributed by atoms with Crippen molar-refractivity contribution in [3.05, 3.63) is 59.7 Å². The second-order valence-electron chi connectivity index (χ2n) is 4.02. The van der Waals surface area contributed by atoms with E-state index >= 15 is 0 Å².